The second-order valence-electron chi connectivity index (χ2n) is 5.14. The third kappa shape index (κ3) is 2.71. The first-order chi connectivity index (χ1) is 9.43. The van der Waals surface area contributed by atoms with Crippen LogP contribution in [0.25, 0.3) is 0 Å². The van der Waals surface area contributed by atoms with E-state index in [4.69, 9.17) is 4.74 Å². The van der Waals surface area contributed by atoms with Gasteiger partial charge in [0.2, 0.25) is 11.8 Å². The van der Waals surface area contributed by atoms with Gasteiger partial charge in [-0.25, -0.2) is 4.98 Å². The quantitative estimate of drug-likeness (QED) is 0.854. The number of hydrogen-bond acceptors (Lipinski definition) is 3. The summed E-state index contributed by atoms with van der Waals surface area (Å²) in [6.45, 7) is 0.848. The highest BCUT2D eigenvalue weighted by atomic mass is 19.4. The zero-order valence-electron chi connectivity index (χ0n) is 10.6. The van der Waals surface area contributed by atoms with Gasteiger partial charge in [-0.1, -0.05) is 0 Å². The third-order valence-electron chi connectivity index (χ3n) is 3.44. The fraction of sp³-hybridized carbons (Fsp3) is 0.538. The molecular formula is C13H13F3N2O2. The minimum absolute atomic E-state index is 0.0525. The number of rotatable bonds is 3. The van der Waals surface area contributed by atoms with Gasteiger partial charge in [0.05, 0.1) is 18.7 Å². The van der Waals surface area contributed by atoms with Crippen LogP contribution in [0.3, 0.4) is 0 Å². The molecule has 20 heavy (non-hydrogen) atoms. The van der Waals surface area contributed by atoms with E-state index in [1.54, 1.807) is 4.90 Å². The first-order valence-corrected chi connectivity index (χ1v) is 6.42. The minimum atomic E-state index is -4.41. The predicted octanol–water partition coefficient (Wildman–Crippen LogP) is 2.10. The van der Waals surface area contributed by atoms with Gasteiger partial charge in [-0.15, -0.1) is 0 Å². The van der Waals surface area contributed by atoms with Crippen LogP contribution >= 0.6 is 0 Å². The standard InChI is InChI=1S/C13H13F3N2O2/c14-13(15,16)9-3-4-17-11(5-9)20-10-6-18(7-10)12(19)8-1-2-8/h3-5,8,10H,1-2,6-7H2. The second-order valence-corrected chi connectivity index (χ2v) is 5.14. The molecule has 0 spiro atoms. The number of carbonyl (C=O) groups excluding carboxylic acids is 1. The van der Waals surface area contributed by atoms with Crippen molar-refractivity contribution in [3.63, 3.8) is 0 Å². The molecule has 1 saturated heterocycles. The second kappa shape index (κ2) is 4.64. The van der Waals surface area contributed by atoms with Crippen molar-refractivity contribution in [3.05, 3.63) is 23.9 Å². The molecular weight excluding hydrogens is 273 g/mol. The summed E-state index contributed by atoms with van der Waals surface area (Å²) < 4.78 is 42.9. The first-order valence-electron chi connectivity index (χ1n) is 6.42. The maximum absolute atomic E-state index is 12.5. The minimum Gasteiger partial charge on any atom is -0.471 e. The van der Waals surface area contributed by atoms with Crippen LogP contribution in [0, 0.1) is 5.92 Å². The lowest BCUT2D eigenvalue weighted by atomic mass is 10.1. The number of halogens is 3. The Hall–Kier alpha value is -1.79. The van der Waals surface area contributed by atoms with Crippen LogP contribution in [0.4, 0.5) is 13.2 Å². The lowest BCUT2D eigenvalue weighted by Crippen LogP contribution is -2.56. The van der Waals surface area contributed by atoms with Gasteiger partial charge in [0.15, 0.2) is 0 Å². The largest absolute Gasteiger partial charge is 0.471 e. The maximum atomic E-state index is 12.5. The summed E-state index contributed by atoms with van der Waals surface area (Å²) in [5.74, 6) is 0.229. The Bertz CT molecular complexity index is 523. The summed E-state index contributed by atoms with van der Waals surface area (Å²) >= 11 is 0. The molecule has 0 bridgehead atoms. The van der Waals surface area contributed by atoms with Crippen molar-refractivity contribution in [2.45, 2.75) is 25.1 Å². The van der Waals surface area contributed by atoms with Gasteiger partial charge in [-0.2, -0.15) is 13.2 Å². The third-order valence-corrected chi connectivity index (χ3v) is 3.44. The van der Waals surface area contributed by atoms with E-state index in [9.17, 15) is 18.0 Å². The van der Waals surface area contributed by atoms with Crippen molar-refractivity contribution in [3.8, 4) is 5.88 Å². The zero-order valence-corrected chi connectivity index (χ0v) is 10.6. The van der Waals surface area contributed by atoms with E-state index >= 15 is 0 Å². The fourth-order valence-corrected chi connectivity index (χ4v) is 2.10. The molecule has 0 N–H and O–H groups in total. The number of amides is 1. The topological polar surface area (TPSA) is 42.4 Å². The summed E-state index contributed by atoms with van der Waals surface area (Å²) in [7, 11) is 0. The number of hydrogen-bond donors (Lipinski definition) is 0. The smallest absolute Gasteiger partial charge is 0.416 e. The highest BCUT2D eigenvalue weighted by Gasteiger charge is 2.40. The average molecular weight is 286 g/mol. The van der Waals surface area contributed by atoms with Gasteiger partial charge in [0.1, 0.15) is 6.10 Å². The van der Waals surface area contributed by atoms with Crippen molar-refractivity contribution in [1.82, 2.24) is 9.88 Å². The van der Waals surface area contributed by atoms with E-state index in [0.29, 0.717) is 13.1 Å². The maximum Gasteiger partial charge on any atom is 0.416 e. The molecule has 1 aliphatic carbocycles. The number of alkyl halides is 3. The van der Waals surface area contributed by atoms with Crippen molar-refractivity contribution >= 4 is 5.91 Å². The van der Waals surface area contributed by atoms with Crippen LogP contribution < -0.4 is 4.74 Å². The van der Waals surface area contributed by atoms with Crippen molar-refractivity contribution < 1.29 is 22.7 Å². The summed E-state index contributed by atoms with van der Waals surface area (Å²) in [4.78, 5) is 17.1. The molecule has 0 radical (unpaired) electrons. The molecule has 1 aliphatic heterocycles. The number of ether oxygens (including phenoxy) is 1. The van der Waals surface area contributed by atoms with Crippen molar-refractivity contribution in [2.24, 2.45) is 5.92 Å². The summed E-state index contributed by atoms with van der Waals surface area (Å²) in [6, 6.07) is 1.78. The van der Waals surface area contributed by atoms with Crippen LogP contribution in [-0.4, -0.2) is 35.0 Å². The van der Waals surface area contributed by atoms with Gasteiger partial charge in [0, 0.05) is 18.2 Å². The Kier molecular flexibility index (Phi) is 3.07. The first kappa shape index (κ1) is 13.2. The molecule has 4 nitrogen and oxygen atoms in total. The molecule has 2 aliphatic rings. The Balaban J connectivity index is 1.56. The predicted molar refractivity (Wildman–Crippen MR) is 63.0 cm³/mol. The van der Waals surface area contributed by atoms with Crippen molar-refractivity contribution in [2.75, 3.05) is 13.1 Å². The molecule has 0 unspecified atom stereocenters. The Morgan fingerprint density at radius 3 is 2.65 bits per heavy atom. The van der Waals surface area contributed by atoms with Gasteiger partial charge >= 0.3 is 6.18 Å². The van der Waals surface area contributed by atoms with E-state index in [1.807, 2.05) is 0 Å². The van der Waals surface area contributed by atoms with E-state index in [0.717, 1.165) is 31.2 Å². The molecule has 7 heteroatoms. The highest BCUT2D eigenvalue weighted by Crippen LogP contribution is 2.33. The van der Waals surface area contributed by atoms with Crippen LogP contribution in [-0.2, 0) is 11.0 Å². The van der Waals surface area contributed by atoms with Crippen LogP contribution in [0.15, 0.2) is 18.3 Å². The lowest BCUT2D eigenvalue weighted by Gasteiger charge is -2.38. The molecule has 2 heterocycles. The number of nitrogens with zero attached hydrogens (tertiary/aromatic N) is 2. The SMILES string of the molecule is O=C(C1CC1)N1CC(Oc2cc(C(F)(F)F)ccn2)C1. The molecule has 3 rings (SSSR count). The highest BCUT2D eigenvalue weighted by molar-refractivity contribution is 5.81. The zero-order chi connectivity index (χ0) is 14.3. The van der Waals surface area contributed by atoms with Crippen molar-refractivity contribution in [1.29, 1.82) is 0 Å². The number of carbonyl (C=O) groups is 1. The molecule has 2 fully saturated rings. The normalized spacial score (nSPS) is 19.6. The van der Waals surface area contributed by atoms with Crippen LogP contribution in [0.5, 0.6) is 5.88 Å². The molecule has 1 amide bonds. The molecule has 108 valence electrons. The summed E-state index contributed by atoms with van der Waals surface area (Å²) in [6.07, 6.45) is -1.72. The number of pyridine rings is 1. The molecule has 0 atom stereocenters. The van der Waals surface area contributed by atoms with Crippen LogP contribution in [0.1, 0.15) is 18.4 Å². The number of aromatic nitrogens is 1. The fourth-order valence-electron chi connectivity index (χ4n) is 2.10. The molecule has 0 aromatic carbocycles. The van der Waals surface area contributed by atoms with Gasteiger partial charge in [-0.3, -0.25) is 4.79 Å². The summed E-state index contributed by atoms with van der Waals surface area (Å²) in [5.41, 5.74) is -0.785. The Morgan fingerprint density at radius 2 is 2.05 bits per heavy atom. The number of likely N-dealkylation sites (tertiary alicyclic amines) is 1. The Labute approximate surface area is 113 Å². The summed E-state index contributed by atoms with van der Waals surface area (Å²) in [5, 5.41) is 0. The molecule has 1 aromatic rings. The van der Waals surface area contributed by atoms with Gasteiger partial charge in [-0.05, 0) is 18.9 Å². The molecule has 1 aromatic heterocycles. The average Bonchev–Trinajstić information content (AvgIpc) is 3.16. The van der Waals surface area contributed by atoms with E-state index < -0.39 is 11.7 Å². The van der Waals surface area contributed by atoms with Crippen LogP contribution in [0.2, 0.25) is 0 Å². The Morgan fingerprint density at radius 1 is 1.35 bits per heavy atom. The van der Waals surface area contributed by atoms with E-state index in [1.165, 1.54) is 0 Å². The van der Waals surface area contributed by atoms with E-state index in [-0.39, 0.29) is 23.8 Å². The lowest BCUT2D eigenvalue weighted by molar-refractivity contribution is -0.141. The monoisotopic (exact) mass is 286 g/mol. The van der Waals surface area contributed by atoms with Gasteiger partial charge < -0.3 is 9.64 Å². The van der Waals surface area contributed by atoms with Gasteiger partial charge in [0.25, 0.3) is 0 Å². The van der Waals surface area contributed by atoms with E-state index in [2.05, 4.69) is 4.98 Å². The molecule has 1 saturated carbocycles.